The van der Waals surface area contributed by atoms with Crippen molar-refractivity contribution in [3.63, 3.8) is 0 Å². The number of ether oxygens (including phenoxy) is 2. The molecule has 4 rings (SSSR count). The van der Waals surface area contributed by atoms with Crippen LogP contribution < -0.4 is 5.32 Å². The minimum absolute atomic E-state index is 0.0144. The van der Waals surface area contributed by atoms with Crippen molar-refractivity contribution in [1.29, 1.82) is 0 Å². The number of hydrogen-bond acceptors (Lipinski definition) is 5. The summed E-state index contributed by atoms with van der Waals surface area (Å²) in [5, 5.41) is 7.93. The Morgan fingerprint density at radius 2 is 2.09 bits per heavy atom. The molecule has 3 heterocycles. The third kappa shape index (κ3) is 5.13. The molecule has 1 fully saturated rings. The second-order valence-electron chi connectivity index (χ2n) is 10.1. The van der Waals surface area contributed by atoms with Crippen molar-refractivity contribution in [2.45, 2.75) is 53.0 Å². The van der Waals surface area contributed by atoms with Gasteiger partial charge in [0.1, 0.15) is 5.82 Å². The highest BCUT2D eigenvalue weighted by Gasteiger charge is 2.40. The van der Waals surface area contributed by atoms with Crippen molar-refractivity contribution < 1.29 is 23.5 Å². The van der Waals surface area contributed by atoms with Gasteiger partial charge < -0.3 is 14.8 Å². The normalized spacial score (nSPS) is 17.7. The summed E-state index contributed by atoms with van der Waals surface area (Å²) >= 11 is 6.00. The molecule has 1 saturated heterocycles. The maximum atomic E-state index is 13.3. The molecule has 34 heavy (non-hydrogen) atoms. The Morgan fingerprint density at radius 3 is 2.76 bits per heavy atom. The lowest BCUT2D eigenvalue weighted by Crippen LogP contribution is -2.41. The van der Waals surface area contributed by atoms with Gasteiger partial charge in [0.15, 0.2) is 0 Å². The first-order chi connectivity index (χ1) is 16.1. The van der Waals surface area contributed by atoms with Crippen molar-refractivity contribution in [2.75, 3.05) is 26.4 Å². The van der Waals surface area contributed by atoms with E-state index in [4.69, 9.17) is 26.2 Å². The molecule has 1 aromatic carbocycles. The SMILES string of the molecule is CCc1nn(CC(C)(C)COC(=O)c2ccc(F)cc2Cl)c2c1C(=O)NCC1(CCOCC1)C2. The van der Waals surface area contributed by atoms with Crippen LogP contribution in [0.3, 0.4) is 0 Å². The number of fused-ring (bicyclic) bond motifs is 1. The molecule has 1 amide bonds. The van der Waals surface area contributed by atoms with Crippen molar-refractivity contribution in [2.24, 2.45) is 10.8 Å². The molecule has 0 unspecified atom stereocenters. The van der Waals surface area contributed by atoms with E-state index in [1.807, 2.05) is 25.5 Å². The summed E-state index contributed by atoms with van der Waals surface area (Å²) in [6, 6.07) is 3.59. The molecule has 184 valence electrons. The summed E-state index contributed by atoms with van der Waals surface area (Å²) in [5.74, 6) is -1.19. The number of hydrogen-bond donors (Lipinski definition) is 1. The number of carbonyl (C=O) groups excluding carboxylic acids is 2. The van der Waals surface area contributed by atoms with Crippen molar-refractivity contribution >= 4 is 23.5 Å². The number of rotatable bonds is 6. The zero-order valence-electron chi connectivity index (χ0n) is 19.9. The standard InChI is InChI=1S/C25H31ClFN3O4/c1-4-19-21-20(12-25(13-28-22(21)31)7-9-33-10-8-25)30(29-19)14-24(2,3)15-34-23(32)17-6-5-16(27)11-18(17)26/h5-6,11H,4,7-10,12-15H2,1-3H3,(H,28,31). The van der Waals surface area contributed by atoms with Crippen LogP contribution in [0.2, 0.25) is 5.02 Å². The Kier molecular flexibility index (Phi) is 7.01. The number of halogens is 2. The Hall–Kier alpha value is -2.45. The summed E-state index contributed by atoms with van der Waals surface area (Å²) in [6.45, 7) is 8.54. The van der Waals surface area contributed by atoms with Gasteiger partial charge in [-0.3, -0.25) is 9.48 Å². The van der Waals surface area contributed by atoms with E-state index >= 15 is 0 Å². The first-order valence-electron chi connectivity index (χ1n) is 11.7. The lowest BCUT2D eigenvalue weighted by molar-refractivity contribution is 0.0145. The number of amides is 1. The number of benzene rings is 1. The van der Waals surface area contributed by atoms with Crippen LogP contribution in [0, 0.1) is 16.6 Å². The molecule has 0 radical (unpaired) electrons. The minimum atomic E-state index is -0.604. The molecule has 2 aromatic rings. The Morgan fingerprint density at radius 1 is 1.35 bits per heavy atom. The third-order valence-electron chi connectivity index (χ3n) is 6.73. The highest BCUT2D eigenvalue weighted by Crippen LogP contribution is 2.38. The monoisotopic (exact) mass is 491 g/mol. The molecule has 1 spiro atoms. The fourth-order valence-corrected chi connectivity index (χ4v) is 4.99. The Labute approximate surface area is 203 Å². The summed E-state index contributed by atoms with van der Waals surface area (Å²) in [5.41, 5.74) is 2.00. The van der Waals surface area contributed by atoms with Gasteiger partial charge in [0.05, 0.1) is 34.1 Å². The average molecular weight is 492 g/mol. The maximum absolute atomic E-state index is 13.3. The van der Waals surface area contributed by atoms with Crippen LogP contribution >= 0.6 is 11.6 Å². The van der Waals surface area contributed by atoms with E-state index in [1.165, 1.54) is 12.1 Å². The molecular formula is C25H31ClFN3O4. The lowest BCUT2D eigenvalue weighted by Gasteiger charge is -2.36. The van der Waals surface area contributed by atoms with Crippen LogP contribution in [-0.4, -0.2) is 48.0 Å². The smallest absolute Gasteiger partial charge is 0.339 e. The summed E-state index contributed by atoms with van der Waals surface area (Å²) in [7, 11) is 0. The topological polar surface area (TPSA) is 82.5 Å². The van der Waals surface area contributed by atoms with Gasteiger partial charge in [-0.25, -0.2) is 9.18 Å². The highest BCUT2D eigenvalue weighted by molar-refractivity contribution is 6.33. The van der Waals surface area contributed by atoms with E-state index in [0.29, 0.717) is 38.3 Å². The first-order valence-corrected chi connectivity index (χ1v) is 12.1. The quantitative estimate of drug-likeness (QED) is 0.612. The second-order valence-corrected chi connectivity index (χ2v) is 10.5. The van der Waals surface area contributed by atoms with Gasteiger partial charge in [-0.05, 0) is 49.3 Å². The largest absolute Gasteiger partial charge is 0.461 e. The number of nitrogens with zero attached hydrogens (tertiary/aromatic N) is 2. The molecule has 9 heteroatoms. The zero-order chi connectivity index (χ0) is 24.5. The van der Waals surface area contributed by atoms with Gasteiger partial charge in [0.2, 0.25) is 0 Å². The maximum Gasteiger partial charge on any atom is 0.339 e. The molecule has 1 aromatic heterocycles. The van der Waals surface area contributed by atoms with Crippen LogP contribution in [0.1, 0.15) is 65.7 Å². The van der Waals surface area contributed by atoms with Gasteiger partial charge >= 0.3 is 5.97 Å². The lowest BCUT2D eigenvalue weighted by atomic mass is 9.76. The molecule has 7 nitrogen and oxygen atoms in total. The molecular weight excluding hydrogens is 461 g/mol. The number of esters is 1. The molecule has 2 aliphatic rings. The van der Waals surface area contributed by atoms with Crippen LogP contribution in [0.5, 0.6) is 0 Å². The predicted octanol–water partition coefficient (Wildman–Crippen LogP) is 4.20. The number of carbonyl (C=O) groups is 2. The van der Waals surface area contributed by atoms with Crippen LogP contribution in [0.4, 0.5) is 4.39 Å². The molecule has 1 N–H and O–H groups in total. The van der Waals surface area contributed by atoms with Crippen LogP contribution in [-0.2, 0) is 28.9 Å². The van der Waals surface area contributed by atoms with Gasteiger partial charge in [-0.15, -0.1) is 0 Å². The molecule has 0 atom stereocenters. The van der Waals surface area contributed by atoms with Gasteiger partial charge in [0.25, 0.3) is 5.91 Å². The van der Waals surface area contributed by atoms with E-state index < -0.39 is 17.2 Å². The summed E-state index contributed by atoms with van der Waals surface area (Å²) in [4.78, 5) is 25.5. The van der Waals surface area contributed by atoms with Crippen LogP contribution in [0.15, 0.2) is 18.2 Å². The number of aromatic nitrogens is 2. The van der Waals surface area contributed by atoms with E-state index in [-0.39, 0.29) is 28.5 Å². The van der Waals surface area contributed by atoms with Crippen LogP contribution in [0.25, 0.3) is 0 Å². The Bertz CT molecular complexity index is 1090. The second kappa shape index (κ2) is 9.66. The highest BCUT2D eigenvalue weighted by atomic mass is 35.5. The van der Waals surface area contributed by atoms with Gasteiger partial charge in [0, 0.05) is 31.7 Å². The fourth-order valence-electron chi connectivity index (χ4n) is 4.75. The summed E-state index contributed by atoms with van der Waals surface area (Å²) < 4.78 is 26.3. The molecule has 2 aliphatic heterocycles. The Balaban J connectivity index is 1.55. The predicted molar refractivity (Wildman–Crippen MR) is 126 cm³/mol. The van der Waals surface area contributed by atoms with E-state index in [0.717, 1.165) is 36.7 Å². The molecule has 0 saturated carbocycles. The fraction of sp³-hybridized carbons (Fsp3) is 0.560. The van der Waals surface area contributed by atoms with Gasteiger partial charge in [-0.2, -0.15) is 5.10 Å². The van der Waals surface area contributed by atoms with Crippen molar-refractivity contribution in [3.8, 4) is 0 Å². The van der Waals surface area contributed by atoms with Crippen molar-refractivity contribution in [1.82, 2.24) is 15.1 Å². The van der Waals surface area contributed by atoms with E-state index in [2.05, 4.69) is 5.32 Å². The minimum Gasteiger partial charge on any atom is -0.461 e. The number of aryl methyl sites for hydroxylation is 1. The summed E-state index contributed by atoms with van der Waals surface area (Å²) in [6.07, 6.45) is 3.17. The third-order valence-corrected chi connectivity index (χ3v) is 7.05. The van der Waals surface area contributed by atoms with Gasteiger partial charge in [-0.1, -0.05) is 32.4 Å². The molecule has 0 aliphatic carbocycles. The van der Waals surface area contributed by atoms with Crippen molar-refractivity contribution in [3.05, 3.63) is 51.6 Å². The van der Waals surface area contributed by atoms with E-state index in [1.54, 1.807) is 0 Å². The number of nitrogens with one attached hydrogen (secondary N) is 1. The average Bonchev–Trinajstić information content (AvgIpc) is 3.05. The first kappa shape index (κ1) is 24.7. The zero-order valence-corrected chi connectivity index (χ0v) is 20.6. The molecule has 0 bridgehead atoms. The van der Waals surface area contributed by atoms with E-state index in [9.17, 15) is 14.0 Å².